The summed E-state index contributed by atoms with van der Waals surface area (Å²) in [5.74, 6) is 2.19. The van der Waals surface area contributed by atoms with Gasteiger partial charge in [0, 0.05) is 35.8 Å². The van der Waals surface area contributed by atoms with Crippen molar-refractivity contribution in [2.24, 2.45) is 0 Å². The number of likely N-dealkylation sites (tertiary alicyclic amines) is 1. The van der Waals surface area contributed by atoms with E-state index in [1.165, 1.54) is 11.3 Å². The van der Waals surface area contributed by atoms with E-state index in [0.717, 1.165) is 55.0 Å². The van der Waals surface area contributed by atoms with Crippen molar-refractivity contribution in [1.82, 2.24) is 20.1 Å². The molecule has 1 fully saturated rings. The second-order valence-corrected chi connectivity index (χ2v) is 6.78. The van der Waals surface area contributed by atoms with Crippen molar-refractivity contribution in [3.63, 3.8) is 0 Å². The van der Waals surface area contributed by atoms with Crippen molar-refractivity contribution in [3.05, 3.63) is 47.8 Å². The van der Waals surface area contributed by atoms with Gasteiger partial charge in [0.25, 0.3) is 0 Å². The number of hydrogen-bond donors (Lipinski definition) is 1. The first kappa shape index (κ1) is 16.8. The van der Waals surface area contributed by atoms with E-state index in [2.05, 4.69) is 38.3 Å². The summed E-state index contributed by atoms with van der Waals surface area (Å²) in [6.07, 6.45) is 4.03. The van der Waals surface area contributed by atoms with Gasteiger partial charge in [0.05, 0.1) is 14.2 Å². The van der Waals surface area contributed by atoms with Gasteiger partial charge in [-0.3, -0.25) is 10.00 Å². The number of nitrogens with zero attached hydrogens (tertiary/aromatic N) is 3. The van der Waals surface area contributed by atoms with Gasteiger partial charge < -0.3 is 9.47 Å². The molecule has 2 aromatic heterocycles. The van der Waals surface area contributed by atoms with Crippen LogP contribution in [0.3, 0.4) is 0 Å². The topological polar surface area (TPSA) is 63.3 Å². The Morgan fingerprint density at radius 3 is 2.54 bits per heavy atom. The number of methoxy groups -OCH3 is 2. The number of piperidine rings is 1. The first-order valence-electron chi connectivity index (χ1n) is 9.00. The summed E-state index contributed by atoms with van der Waals surface area (Å²) >= 11 is 0. The molecule has 6 heteroatoms. The predicted octanol–water partition coefficient (Wildman–Crippen LogP) is 3.35. The normalized spacial score (nSPS) is 16.1. The number of aromatic nitrogens is 3. The molecule has 1 aromatic carbocycles. The fourth-order valence-corrected chi connectivity index (χ4v) is 3.78. The molecule has 3 heterocycles. The average molecular weight is 352 g/mol. The molecule has 0 bridgehead atoms. The van der Waals surface area contributed by atoms with Gasteiger partial charge in [-0.15, -0.1) is 0 Å². The first-order chi connectivity index (χ1) is 12.8. The molecule has 0 unspecified atom stereocenters. The minimum absolute atomic E-state index is 0.514. The number of benzene rings is 1. The van der Waals surface area contributed by atoms with Gasteiger partial charge in [-0.05, 0) is 55.8 Å². The summed E-state index contributed by atoms with van der Waals surface area (Å²) in [4.78, 5) is 6.81. The van der Waals surface area contributed by atoms with Crippen LogP contribution in [-0.2, 0) is 6.54 Å². The molecule has 0 saturated carbocycles. The van der Waals surface area contributed by atoms with Crippen molar-refractivity contribution in [2.45, 2.75) is 25.3 Å². The summed E-state index contributed by atoms with van der Waals surface area (Å²) in [7, 11) is 3.38. The van der Waals surface area contributed by atoms with Crippen LogP contribution in [0.15, 0.2) is 36.5 Å². The third-order valence-electron chi connectivity index (χ3n) is 5.17. The van der Waals surface area contributed by atoms with Gasteiger partial charge in [-0.1, -0.05) is 0 Å². The molecular weight excluding hydrogens is 328 g/mol. The van der Waals surface area contributed by atoms with E-state index in [-0.39, 0.29) is 0 Å². The van der Waals surface area contributed by atoms with Crippen LogP contribution in [0.25, 0.3) is 11.0 Å². The number of pyridine rings is 1. The highest BCUT2D eigenvalue weighted by molar-refractivity contribution is 5.77. The Hall–Kier alpha value is -2.60. The number of aromatic amines is 1. The largest absolute Gasteiger partial charge is 0.497 e. The summed E-state index contributed by atoms with van der Waals surface area (Å²) < 4.78 is 10.8. The van der Waals surface area contributed by atoms with Crippen LogP contribution in [0.2, 0.25) is 0 Å². The lowest BCUT2D eigenvalue weighted by Gasteiger charge is -2.31. The predicted molar refractivity (Wildman–Crippen MR) is 101 cm³/mol. The Bertz CT molecular complexity index is 862. The van der Waals surface area contributed by atoms with Crippen LogP contribution in [0.1, 0.15) is 30.0 Å². The van der Waals surface area contributed by atoms with Crippen LogP contribution in [0, 0.1) is 0 Å². The van der Waals surface area contributed by atoms with E-state index >= 15 is 0 Å². The summed E-state index contributed by atoms with van der Waals surface area (Å²) in [5, 5.41) is 8.71. The molecule has 0 atom stereocenters. The highest BCUT2D eigenvalue weighted by Crippen LogP contribution is 2.32. The molecule has 26 heavy (non-hydrogen) atoms. The molecule has 1 saturated heterocycles. The lowest BCUT2D eigenvalue weighted by Crippen LogP contribution is -2.32. The van der Waals surface area contributed by atoms with Crippen LogP contribution in [0.5, 0.6) is 11.5 Å². The molecule has 1 N–H and O–H groups in total. The molecule has 6 nitrogen and oxygen atoms in total. The van der Waals surface area contributed by atoms with Crippen molar-refractivity contribution in [2.75, 3.05) is 27.3 Å². The zero-order valence-electron chi connectivity index (χ0n) is 15.2. The van der Waals surface area contributed by atoms with Crippen molar-refractivity contribution >= 4 is 11.0 Å². The number of hydrogen-bond acceptors (Lipinski definition) is 5. The van der Waals surface area contributed by atoms with Crippen molar-refractivity contribution in [1.29, 1.82) is 0 Å². The van der Waals surface area contributed by atoms with Crippen LogP contribution in [0.4, 0.5) is 0 Å². The standard InChI is InChI=1S/C20H24N4O2/c1-25-16-10-14(11-17(12-16)26-2)13-24-8-5-15(6-9-24)19-18-4-3-7-21-20(18)23-22-19/h3-4,7,10-12,15H,5-6,8-9,13H2,1-2H3,(H,21,22,23). The maximum atomic E-state index is 5.38. The SMILES string of the molecule is COc1cc(CN2CCC(c3[nH]nc4ncccc34)CC2)cc(OC)c1. The van der Waals surface area contributed by atoms with Crippen molar-refractivity contribution < 1.29 is 9.47 Å². The third-order valence-corrected chi connectivity index (χ3v) is 5.17. The van der Waals surface area contributed by atoms with E-state index in [1.54, 1.807) is 20.4 Å². The quantitative estimate of drug-likeness (QED) is 0.763. The molecule has 0 amide bonds. The van der Waals surface area contributed by atoms with Crippen molar-refractivity contribution in [3.8, 4) is 11.5 Å². The zero-order valence-corrected chi connectivity index (χ0v) is 15.2. The third kappa shape index (κ3) is 3.37. The lowest BCUT2D eigenvalue weighted by molar-refractivity contribution is 0.203. The Balaban J connectivity index is 1.42. The maximum Gasteiger partial charge on any atom is 0.181 e. The van der Waals surface area contributed by atoms with Gasteiger partial charge in [-0.25, -0.2) is 4.98 Å². The number of fused-ring (bicyclic) bond motifs is 1. The second kappa shape index (κ2) is 7.33. The molecule has 3 aromatic rings. The van der Waals surface area contributed by atoms with Gasteiger partial charge in [-0.2, -0.15) is 5.10 Å². The van der Waals surface area contributed by atoms with E-state index < -0.39 is 0 Å². The molecule has 0 radical (unpaired) electrons. The highest BCUT2D eigenvalue weighted by Gasteiger charge is 2.24. The second-order valence-electron chi connectivity index (χ2n) is 6.78. The Labute approximate surface area is 153 Å². The Kier molecular flexibility index (Phi) is 4.75. The van der Waals surface area contributed by atoms with Gasteiger partial charge in [0.2, 0.25) is 0 Å². The molecule has 1 aliphatic rings. The van der Waals surface area contributed by atoms with Gasteiger partial charge in [0.1, 0.15) is 11.5 Å². The molecule has 4 rings (SSSR count). The van der Waals surface area contributed by atoms with E-state index in [1.807, 2.05) is 12.1 Å². The minimum atomic E-state index is 0.514. The van der Waals surface area contributed by atoms with Crippen LogP contribution < -0.4 is 9.47 Å². The van der Waals surface area contributed by atoms with E-state index in [9.17, 15) is 0 Å². The average Bonchev–Trinajstić information content (AvgIpc) is 3.12. The summed E-state index contributed by atoms with van der Waals surface area (Å²) in [6, 6.07) is 10.2. The van der Waals surface area contributed by atoms with Crippen LogP contribution in [-0.4, -0.2) is 47.4 Å². The highest BCUT2D eigenvalue weighted by atomic mass is 16.5. The number of nitrogens with one attached hydrogen (secondary N) is 1. The molecular formula is C20H24N4O2. The summed E-state index contributed by atoms with van der Waals surface area (Å²) in [6.45, 7) is 3.03. The molecule has 0 aliphatic carbocycles. The Morgan fingerprint density at radius 2 is 1.85 bits per heavy atom. The minimum Gasteiger partial charge on any atom is -0.497 e. The summed E-state index contributed by atoms with van der Waals surface area (Å²) in [5.41, 5.74) is 3.26. The van der Waals surface area contributed by atoms with E-state index in [4.69, 9.17) is 9.47 Å². The smallest absolute Gasteiger partial charge is 0.181 e. The fraction of sp³-hybridized carbons (Fsp3) is 0.400. The fourth-order valence-electron chi connectivity index (χ4n) is 3.78. The lowest BCUT2D eigenvalue weighted by atomic mass is 9.92. The zero-order chi connectivity index (χ0) is 17.9. The number of rotatable bonds is 5. The number of ether oxygens (including phenoxy) is 2. The van der Waals surface area contributed by atoms with E-state index in [0.29, 0.717) is 5.92 Å². The monoisotopic (exact) mass is 352 g/mol. The first-order valence-corrected chi connectivity index (χ1v) is 9.00. The molecule has 0 spiro atoms. The van der Waals surface area contributed by atoms with Gasteiger partial charge in [0.15, 0.2) is 5.65 Å². The maximum absolute atomic E-state index is 5.38. The van der Waals surface area contributed by atoms with Gasteiger partial charge >= 0.3 is 0 Å². The Morgan fingerprint density at radius 1 is 1.12 bits per heavy atom. The van der Waals surface area contributed by atoms with Crippen LogP contribution >= 0.6 is 0 Å². The number of H-pyrrole nitrogens is 1. The molecule has 1 aliphatic heterocycles. The molecule has 136 valence electrons.